The Morgan fingerprint density at radius 2 is 2.18 bits per heavy atom. The highest BCUT2D eigenvalue weighted by atomic mass is 79.9. The van der Waals surface area contributed by atoms with Crippen LogP contribution < -0.4 is 5.48 Å². The molecule has 3 nitrogen and oxygen atoms in total. The Morgan fingerprint density at radius 1 is 1.45 bits per heavy atom. The lowest BCUT2D eigenvalue weighted by Gasteiger charge is -2.00. The van der Waals surface area contributed by atoms with Gasteiger partial charge in [-0.1, -0.05) is 22.4 Å². The lowest BCUT2D eigenvalue weighted by molar-refractivity contribution is -0.131. The first-order valence-electron chi connectivity index (χ1n) is 3.69. The number of alkyl halides is 1. The summed E-state index contributed by atoms with van der Waals surface area (Å²) >= 11 is 3.32. The second-order valence-electron chi connectivity index (χ2n) is 2.23. The highest BCUT2D eigenvalue weighted by molar-refractivity contribution is 9.09. The molecule has 1 N–H and O–H groups in total. The maximum absolute atomic E-state index is 10.8. The predicted octanol–water partition coefficient (Wildman–Crippen LogP) is 1.62. The van der Waals surface area contributed by atoms with Gasteiger partial charge >= 0.3 is 0 Å². The van der Waals surface area contributed by atoms with Gasteiger partial charge in [-0.2, -0.15) is 0 Å². The number of hydroxylamine groups is 1. The van der Waals surface area contributed by atoms with E-state index in [0.29, 0.717) is 6.42 Å². The van der Waals surface area contributed by atoms with Crippen LogP contribution in [-0.2, 0) is 9.63 Å². The van der Waals surface area contributed by atoms with E-state index in [-0.39, 0.29) is 5.91 Å². The van der Waals surface area contributed by atoms with Crippen LogP contribution in [0.5, 0.6) is 0 Å². The van der Waals surface area contributed by atoms with Crippen molar-refractivity contribution in [3.8, 4) is 0 Å². The Balaban J connectivity index is 3.04. The number of carbonyl (C=O) groups is 1. The molecule has 0 fully saturated rings. The second kappa shape index (κ2) is 8.01. The van der Waals surface area contributed by atoms with Crippen molar-refractivity contribution in [1.82, 2.24) is 5.48 Å². The number of hydrogen-bond donors (Lipinski definition) is 1. The molecule has 0 aromatic heterocycles. The first-order chi connectivity index (χ1) is 5.31. The van der Waals surface area contributed by atoms with Crippen LogP contribution in [0.2, 0.25) is 0 Å². The molecule has 0 spiro atoms. The van der Waals surface area contributed by atoms with Crippen LogP contribution in [0.1, 0.15) is 25.7 Å². The van der Waals surface area contributed by atoms with Crippen LogP contribution in [0.3, 0.4) is 0 Å². The molecule has 11 heavy (non-hydrogen) atoms. The molecule has 0 aliphatic carbocycles. The monoisotopic (exact) mass is 223 g/mol. The third kappa shape index (κ3) is 7.81. The van der Waals surface area contributed by atoms with Crippen molar-refractivity contribution in [3.63, 3.8) is 0 Å². The largest absolute Gasteiger partial charge is 0.277 e. The summed E-state index contributed by atoms with van der Waals surface area (Å²) in [5, 5.41) is 1.01. The highest BCUT2D eigenvalue weighted by Gasteiger charge is 1.97. The van der Waals surface area contributed by atoms with Crippen molar-refractivity contribution in [3.05, 3.63) is 0 Å². The van der Waals surface area contributed by atoms with Crippen molar-refractivity contribution in [2.75, 3.05) is 12.4 Å². The van der Waals surface area contributed by atoms with E-state index in [1.165, 1.54) is 7.11 Å². The van der Waals surface area contributed by atoms with Crippen molar-refractivity contribution >= 4 is 21.8 Å². The van der Waals surface area contributed by atoms with E-state index >= 15 is 0 Å². The first-order valence-corrected chi connectivity index (χ1v) is 4.81. The lowest BCUT2D eigenvalue weighted by Crippen LogP contribution is -2.21. The third-order valence-corrected chi connectivity index (χ3v) is 1.81. The van der Waals surface area contributed by atoms with Gasteiger partial charge in [0.1, 0.15) is 0 Å². The average Bonchev–Trinajstić information content (AvgIpc) is 1.99. The van der Waals surface area contributed by atoms with E-state index in [0.717, 1.165) is 24.6 Å². The summed E-state index contributed by atoms with van der Waals surface area (Å²) in [6.07, 6.45) is 3.70. The number of amides is 1. The summed E-state index contributed by atoms with van der Waals surface area (Å²) < 4.78 is 0. The molecule has 0 saturated heterocycles. The summed E-state index contributed by atoms with van der Waals surface area (Å²) in [5.74, 6) is -0.0397. The molecule has 0 heterocycles. The molecule has 4 heteroatoms. The molecule has 0 aliphatic rings. The number of unbranched alkanes of at least 4 members (excludes halogenated alkanes) is 2. The molecule has 0 aromatic rings. The Kier molecular flexibility index (Phi) is 7.95. The Morgan fingerprint density at radius 3 is 2.73 bits per heavy atom. The van der Waals surface area contributed by atoms with Gasteiger partial charge in [0.25, 0.3) is 0 Å². The van der Waals surface area contributed by atoms with Crippen LogP contribution in [0.25, 0.3) is 0 Å². The SMILES string of the molecule is CONC(=O)CCCCCBr. The second-order valence-corrected chi connectivity index (χ2v) is 3.02. The van der Waals surface area contributed by atoms with E-state index in [9.17, 15) is 4.79 Å². The fraction of sp³-hybridized carbons (Fsp3) is 0.857. The minimum absolute atomic E-state index is 0.0397. The number of rotatable bonds is 6. The molecule has 0 radical (unpaired) electrons. The van der Waals surface area contributed by atoms with E-state index < -0.39 is 0 Å². The molecule has 0 aliphatic heterocycles. The summed E-state index contributed by atoms with van der Waals surface area (Å²) in [4.78, 5) is 15.2. The molecule has 0 rings (SSSR count). The zero-order chi connectivity index (χ0) is 8.53. The van der Waals surface area contributed by atoms with Crippen molar-refractivity contribution in [2.45, 2.75) is 25.7 Å². The summed E-state index contributed by atoms with van der Waals surface area (Å²) in [5.41, 5.74) is 2.27. The number of hydrogen-bond acceptors (Lipinski definition) is 2. The first kappa shape index (κ1) is 10.9. The summed E-state index contributed by atoms with van der Waals surface area (Å²) in [6.45, 7) is 0. The van der Waals surface area contributed by atoms with Crippen molar-refractivity contribution in [2.24, 2.45) is 0 Å². The average molecular weight is 224 g/mol. The van der Waals surface area contributed by atoms with E-state index in [4.69, 9.17) is 0 Å². The van der Waals surface area contributed by atoms with Crippen LogP contribution in [0.15, 0.2) is 0 Å². The maximum atomic E-state index is 10.8. The molecule has 0 unspecified atom stereocenters. The smallest absolute Gasteiger partial charge is 0.243 e. The van der Waals surface area contributed by atoms with Crippen LogP contribution in [0, 0.1) is 0 Å². The summed E-state index contributed by atoms with van der Waals surface area (Å²) in [7, 11) is 1.44. The quantitative estimate of drug-likeness (QED) is 0.423. The van der Waals surface area contributed by atoms with Gasteiger partial charge in [-0.3, -0.25) is 9.63 Å². The number of carbonyl (C=O) groups excluding carboxylic acids is 1. The molecule has 0 bridgehead atoms. The van der Waals surface area contributed by atoms with Gasteiger partial charge in [-0.05, 0) is 12.8 Å². The van der Waals surface area contributed by atoms with Gasteiger partial charge in [0.2, 0.25) is 5.91 Å². The Labute approximate surface area is 75.6 Å². The maximum Gasteiger partial charge on any atom is 0.243 e. The van der Waals surface area contributed by atoms with Gasteiger partial charge in [0, 0.05) is 11.8 Å². The molecule has 66 valence electrons. The van der Waals surface area contributed by atoms with Crippen molar-refractivity contribution < 1.29 is 9.63 Å². The molecular formula is C7H14BrNO2. The predicted molar refractivity (Wildman–Crippen MR) is 47.4 cm³/mol. The minimum atomic E-state index is -0.0397. The molecule has 0 saturated carbocycles. The van der Waals surface area contributed by atoms with Crippen molar-refractivity contribution in [1.29, 1.82) is 0 Å². The molecular weight excluding hydrogens is 210 g/mol. The topological polar surface area (TPSA) is 38.3 Å². The van der Waals surface area contributed by atoms with Gasteiger partial charge in [0.15, 0.2) is 0 Å². The zero-order valence-electron chi connectivity index (χ0n) is 6.73. The Bertz CT molecular complexity index is 109. The fourth-order valence-electron chi connectivity index (χ4n) is 0.722. The standard InChI is InChI=1S/C7H14BrNO2/c1-11-9-7(10)5-3-2-4-6-8/h2-6H2,1H3,(H,9,10). The molecule has 1 amide bonds. The van der Waals surface area contributed by atoms with Crippen LogP contribution >= 0.6 is 15.9 Å². The van der Waals surface area contributed by atoms with Crippen LogP contribution in [0.4, 0.5) is 0 Å². The molecule has 0 aromatic carbocycles. The van der Waals surface area contributed by atoms with Crippen LogP contribution in [-0.4, -0.2) is 18.3 Å². The minimum Gasteiger partial charge on any atom is -0.277 e. The van der Waals surface area contributed by atoms with Gasteiger partial charge in [0.05, 0.1) is 7.11 Å². The van der Waals surface area contributed by atoms with Gasteiger partial charge in [-0.15, -0.1) is 0 Å². The molecule has 0 atom stereocenters. The van der Waals surface area contributed by atoms with E-state index in [2.05, 4.69) is 26.2 Å². The van der Waals surface area contributed by atoms with E-state index in [1.54, 1.807) is 0 Å². The normalized spacial score (nSPS) is 9.64. The summed E-state index contributed by atoms with van der Waals surface area (Å²) in [6, 6.07) is 0. The highest BCUT2D eigenvalue weighted by Crippen LogP contribution is 2.01. The third-order valence-electron chi connectivity index (χ3n) is 1.25. The van der Waals surface area contributed by atoms with Gasteiger partial charge < -0.3 is 0 Å². The zero-order valence-corrected chi connectivity index (χ0v) is 8.32. The number of nitrogens with one attached hydrogen (secondary N) is 1. The lowest BCUT2D eigenvalue weighted by atomic mass is 10.2. The van der Waals surface area contributed by atoms with E-state index in [1.807, 2.05) is 0 Å². The fourth-order valence-corrected chi connectivity index (χ4v) is 1.12. The van der Waals surface area contributed by atoms with Gasteiger partial charge in [-0.25, -0.2) is 5.48 Å². The Hall–Kier alpha value is -0.0900. The number of halogens is 1.